The lowest BCUT2D eigenvalue weighted by Gasteiger charge is -2.22. The number of nitrogens with two attached hydrogens (primary N) is 1. The predicted octanol–water partition coefficient (Wildman–Crippen LogP) is 4.02. The largest absolute Gasteiger partial charge is 0.343 e. The van der Waals surface area contributed by atoms with Gasteiger partial charge in [0.15, 0.2) is 0 Å². The number of anilines is 2. The number of amides is 3. The van der Waals surface area contributed by atoms with Crippen molar-refractivity contribution in [3.63, 3.8) is 0 Å². The number of primary sulfonamides is 1. The van der Waals surface area contributed by atoms with Crippen LogP contribution in [0, 0.1) is 5.82 Å². The van der Waals surface area contributed by atoms with E-state index in [2.05, 4.69) is 15.7 Å². The maximum Gasteiger partial charge on any atom is 0.343 e. The Hall–Kier alpha value is -3.80. The zero-order chi connectivity index (χ0) is 25.2. The summed E-state index contributed by atoms with van der Waals surface area (Å²) >= 11 is 5.84. The van der Waals surface area contributed by atoms with Gasteiger partial charge >= 0.3 is 6.03 Å². The average Bonchev–Trinajstić information content (AvgIpc) is 3.32. The van der Waals surface area contributed by atoms with Crippen LogP contribution in [-0.2, 0) is 14.8 Å². The van der Waals surface area contributed by atoms with E-state index < -0.39 is 33.8 Å². The van der Waals surface area contributed by atoms with Gasteiger partial charge in [0, 0.05) is 28.9 Å². The molecule has 0 aliphatic carbocycles. The molecule has 9 nitrogen and oxygen atoms in total. The highest BCUT2D eigenvalue weighted by Crippen LogP contribution is 2.29. The summed E-state index contributed by atoms with van der Waals surface area (Å²) in [7, 11) is -4.03. The molecule has 0 radical (unpaired) electrons. The molecular weight excluding hydrogens is 497 g/mol. The van der Waals surface area contributed by atoms with Crippen molar-refractivity contribution < 1.29 is 22.4 Å². The lowest BCUT2D eigenvalue weighted by molar-refractivity contribution is -0.119. The van der Waals surface area contributed by atoms with Gasteiger partial charge in [-0.05, 0) is 48.0 Å². The number of hydrogen-bond acceptors (Lipinski definition) is 5. The molecule has 3 amide bonds. The lowest BCUT2D eigenvalue weighted by Crippen LogP contribution is -2.43. The van der Waals surface area contributed by atoms with Crippen LogP contribution in [0.2, 0.25) is 5.02 Å². The Balaban J connectivity index is 1.49. The third-order valence-corrected chi connectivity index (χ3v) is 6.39. The van der Waals surface area contributed by atoms with E-state index in [4.69, 9.17) is 16.7 Å². The van der Waals surface area contributed by atoms with Crippen molar-refractivity contribution in [2.45, 2.75) is 17.4 Å². The van der Waals surface area contributed by atoms with Gasteiger partial charge in [-0.1, -0.05) is 35.9 Å². The number of carbonyl (C=O) groups is 2. The van der Waals surface area contributed by atoms with Gasteiger partial charge in [-0.25, -0.2) is 27.8 Å². The van der Waals surface area contributed by atoms with Crippen LogP contribution in [0.25, 0.3) is 11.1 Å². The molecule has 0 spiro atoms. The van der Waals surface area contributed by atoms with Gasteiger partial charge < -0.3 is 10.6 Å². The minimum atomic E-state index is -4.03. The van der Waals surface area contributed by atoms with Crippen LogP contribution >= 0.6 is 11.6 Å². The minimum Gasteiger partial charge on any atom is -0.322 e. The van der Waals surface area contributed by atoms with Crippen LogP contribution < -0.4 is 15.8 Å². The molecule has 0 fully saturated rings. The Morgan fingerprint density at radius 1 is 1.06 bits per heavy atom. The van der Waals surface area contributed by atoms with E-state index in [1.807, 2.05) is 0 Å². The van der Waals surface area contributed by atoms with Crippen molar-refractivity contribution >= 4 is 51.2 Å². The Labute approximate surface area is 205 Å². The summed E-state index contributed by atoms with van der Waals surface area (Å²) in [5.41, 5.74) is 0.804. The molecule has 12 heteroatoms. The molecule has 4 N–H and O–H groups in total. The fraction of sp³-hybridized carbons (Fsp3) is 0.0870. The summed E-state index contributed by atoms with van der Waals surface area (Å²) < 4.78 is 38.6. The molecule has 3 aromatic carbocycles. The van der Waals surface area contributed by atoms with Crippen molar-refractivity contribution in [1.82, 2.24) is 5.01 Å². The number of hydrazone groups is 1. The number of halogens is 2. The molecule has 1 aliphatic rings. The predicted molar refractivity (Wildman–Crippen MR) is 131 cm³/mol. The van der Waals surface area contributed by atoms with Crippen LogP contribution in [0.5, 0.6) is 0 Å². The fourth-order valence-corrected chi connectivity index (χ4v) is 4.38. The number of rotatable bonds is 5. The molecule has 0 saturated heterocycles. The van der Waals surface area contributed by atoms with Crippen LogP contribution in [-0.4, -0.2) is 37.6 Å². The van der Waals surface area contributed by atoms with Gasteiger partial charge in [0.25, 0.3) is 0 Å². The molecule has 35 heavy (non-hydrogen) atoms. The van der Waals surface area contributed by atoms with E-state index in [1.165, 1.54) is 36.5 Å². The van der Waals surface area contributed by atoms with E-state index in [1.54, 1.807) is 30.3 Å². The molecule has 1 heterocycles. The van der Waals surface area contributed by atoms with E-state index in [0.29, 0.717) is 10.7 Å². The molecule has 180 valence electrons. The third-order valence-electron chi connectivity index (χ3n) is 5.17. The highest BCUT2D eigenvalue weighted by atomic mass is 35.5. The number of hydrogen-bond donors (Lipinski definition) is 3. The number of carbonyl (C=O) groups excluding carboxylic acids is 2. The maximum atomic E-state index is 14.9. The first-order valence-corrected chi connectivity index (χ1v) is 12.2. The van der Waals surface area contributed by atoms with Crippen molar-refractivity contribution in [3.8, 4) is 11.1 Å². The number of urea groups is 1. The van der Waals surface area contributed by atoms with Crippen LogP contribution in [0.15, 0.2) is 76.7 Å². The molecular formula is C23H19ClFN5O4S. The van der Waals surface area contributed by atoms with Gasteiger partial charge in [-0.3, -0.25) is 4.79 Å². The van der Waals surface area contributed by atoms with Gasteiger partial charge in [-0.15, -0.1) is 0 Å². The monoisotopic (exact) mass is 515 g/mol. The number of nitrogens with zero attached hydrogens (tertiary/aromatic N) is 2. The molecule has 3 aromatic rings. The smallest absolute Gasteiger partial charge is 0.322 e. The molecule has 0 aromatic heterocycles. The third kappa shape index (κ3) is 5.48. The lowest BCUT2D eigenvalue weighted by atomic mass is 10.0. The Morgan fingerprint density at radius 3 is 2.46 bits per heavy atom. The first-order chi connectivity index (χ1) is 16.6. The Kier molecular flexibility index (Phi) is 6.83. The summed E-state index contributed by atoms with van der Waals surface area (Å²) in [5.74, 6) is -1.44. The first kappa shape index (κ1) is 24.3. The fourth-order valence-electron chi connectivity index (χ4n) is 3.49. The standard InChI is InChI=1S/C23H19ClFN5O4S/c24-15-6-8-16(9-7-15)28-23(32)30-20(11-12-27-30)22(31)29-19-10-5-14(13-18(19)25)17-3-1-2-4-21(17)35(26,33)34/h1-10,12-13,20H,11H2,(H,28,32)(H,29,31)(H2,26,33,34)/t20-/m1/s1. The zero-order valence-corrected chi connectivity index (χ0v) is 19.6. The molecule has 0 bridgehead atoms. The van der Waals surface area contributed by atoms with Gasteiger partial charge in [0.2, 0.25) is 15.9 Å². The Bertz CT molecular complexity index is 1430. The second-order valence-corrected chi connectivity index (χ2v) is 9.52. The maximum absolute atomic E-state index is 14.9. The highest BCUT2D eigenvalue weighted by Gasteiger charge is 2.33. The number of benzene rings is 3. The van der Waals surface area contributed by atoms with E-state index in [-0.39, 0.29) is 28.1 Å². The van der Waals surface area contributed by atoms with Gasteiger partial charge in [0.1, 0.15) is 11.9 Å². The summed E-state index contributed by atoms with van der Waals surface area (Å²) in [6.07, 6.45) is 1.55. The van der Waals surface area contributed by atoms with Crippen molar-refractivity contribution in [2.75, 3.05) is 10.6 Å². The minimum absolute atomic E-state index is 0.140. The molecule has 1 aliphatic heterocycles. The summed E-state index contributed by atoms with van der Waals surface area (Å²) in [6.45, 7) is 0. The molecule has 1 atom stereocenters. The quantitative estimate of drug-likeness (QED) is 0.473. The number of nitrogens with one attached hydrogen (secondary N) is 2. The summed E-state index contributed by atoms with van der Waals surface area (Å²) in [5, 5.41) is 15.7. The summed E-state index contributed by atoms with van der Waals surface area (Å²) in [4.78, 5) is 25.3. The van der Waals surface area contributed by atoms with Crippen molar-refractivity contribution in [2.24, 2.45) is 10.2 Å². The molecule has 0 saturated carbocycles. The van der Waals surface area contributed by atoms with E-state index >= 15 is 0 Å². The van der Waals surface area contributed by atoms with Gasteiger partial charge in [-0.2, -0.15) is 5.10 Å². The van der Waals surface area contributed by atoms with Crippen molar-refractivity contribution in [1.29, 1.82) is 0 Å². The summed E-state index contributed by atoms with van der Waals surface area (Å²) in [6, 6.07) is 14.5. The van der Waals surface area contributed by atoms with Crippen LogP contribution in [0.3, 0.4) is 0 Å². The molecule has 0 unspecified atom stereocenters. The van der Waals surface area contributed by atoms with Crippen molar-refractivity contribution in [3.05, 3.63) is 77.6 Å². The normalized spacial score (nSPS) is 15.2. The second-order valence-electron chi connectivity index (χ2n) is 7.56. The first-order valence-electron chi connectivity index (χ1n) is 10.2. The van der Waals surface area contributed by atoms with E-state index in [0.717, 1.165) is 11.1 Å². The Morgan fingerprint density at radius 2 is 1.77 bits per heavy atom. The molecule has 4 rings (SSSR count). The zero-order valence-electron chi connectivity index (χ0n) is 18.0. The van der Waals surface area contributed by atoms with E-state index in [9.17, 15) is 22.4 Å². The van der Waals surface area contributed by atoms with Crippen LogP contribution in [0.1, 0.15) is 6.42 Å². The number of sulfonamides is 1. The average molecular weight is 516 g/mol. The SMILES string of the molecule is NS(=O)(=O)c1ccccc1-c1ccc(NC(=O)[C@H]2CC=NN2C(=O)Nc2ccc(Cl)cc2)c(F)c1. The highest BCUT2D eigenvalue weighted by molar-refractivity contribution is 7.89. The van der Waals surface area contributed by atoms with Crippen LogP contribution in [0.4, 0.5) is 20.6 Å². The van der Waals surface area contributed by atoms with Gasteiger partial charge in [0.05, 0.1) is 10.6 Å². The topological polar surface area (TPSA) is 134 Å². The second kappa shape index (κ2) is 9.82.